The zero-order chi connectivity index (χ0) is 15.0. The molecular formula is C17H17Cl2NO. The average Bonchev–Trinajstić information content (AvgIpc) is 2.46. The zero-order valence-electron chi connectivity index (χ0n) is 12.0. The highest BCUT2D eigenvalue weighted by Gasteiger charge is 2.29. The van der Waals surface area contributed by atoms with Crippen LogP contribution in [0.25, 0.3) is 0 Å². The Kier molecular flexibility index (Phi) is 4.01. The van der Waals surface area contributed by atoms with E-state index in [1.807, 2.05) is 6.07 Å². The molecule has 2 atom stereocenters. The first kappa shape index (κ1) is 14.6. The Balaban J connectivity index is 1.94. The van der Waals surface area contributed by atoms with E-state index in [-0.39, 0.29) is 12.1 Å². The van der Waals surface area contributed by atoms with Crippen molar-refractivity contribution in [2.45, 2.75) is 32.4 Å². The molecule has 1 aliphatic heterocycles. The van der Waals surface area contributed by atoms with Crippen LogP contribution in [-0.4, -0.2) is 6.04 Å². The minimum Gasteiger partial charge on any atom is -0.480 e. The van der Waals surface area contributed by atoms with Crippen LogP contribution < -0.4 is 10.1 Å². The lowest BCUT2D eigenvalue weighted by Crippen LogP contribution is -2.32. The van der Waals surface area contributed by atoms with Crippen LogP contribution in [0.3, 0.4) is 0 Å². The van der Waals surface area contributed by atoms with E-state index < -0.39 is 0 Å². The van der Waals surface area contributed by atoms with Gasteiger partial charge < -0.3 is 10.1 Å². The Labute approximate surface area is 135 Å². The molecule has 0 fully saturated rings. The van der Waals surface area contributed by atoms with E-state index in [1.54, 1.807) is 6.07 Å². The van der Waals surface area contributed by atoms with E-state index in [1.165, 1.54) is 5.56 Å². The van der Waals surface area contributed by atoms with E-state index in [2.05, 4.69) is 43.4 Å². The van der Waals surface area contributed by atoms with E-state index in [0.717, 1.165) is 17.7 Å². The molecule has 2 aromatic carbocycles. The number of hydrogen-bond acceptors (Lipinski definition) is 2. The average molecular weight is 322 g/mol. The molecule has 1 aliphatic rings. The molecule has 0 aromatic heterocycles. The largest absolute Gasteiger partial charge is 0.480 e. The van der Waals surface area contributed by atoms with Gasteiger partial charge in [0.15, 0.2) is 5.75 Å². The molecule has 0 radical (unpaired) electrons. The monoisotopic (exact) mass is 321 g/mol. The summed E-state index contributed by atoms with van der Waals surface area (Å²) in [5, 5.41) is 4.56. The second-order valence-corrected chi connectivity index (χ2v) is 6.17. The second-order valence-electron chi connectivity index (χ2n) is 5.33. The Morgan fingerprint density at radius 3 is 2.52 bits per heavy atom. The van der Waals surface area contributed by atoms with Gasteiger partial charge in [0, 0.05) is 5.02 Å². The number of nitrogens with one attached hydrogen (secondary N) is 1. The number of ether oxygens (including phenoxy) is 1. The van der Waals surface area contributed by atoms with Gasteiger partial charge in [0.05, 0.1) is 16.8 Å². The molecule has 21 heavy (non-hydrogen) atoms. The smallest absolute Gasteiger partial charge is 0.162 e. The Bertz CT molecular complexity index is 655. The van der Waals surface area contributed by atoms with Crippen molar-refractivity contribution in [2.24, 2.45) is 0 Å². The van der Waals surface area contributed by atoms with Gasteiger partial charge in [-0.2, -0.15) is 0 Å². The van der Waals surface area contributed by atoms with Crippen LogP contribution in [0.2, 0.25) is 10.0 Å². The molecule has 1 heterocycles. The molecule has 3 rings (SSSR count). The predicted molar refractivity (Wildman–Crippen MR) is 88.7 cm³/mol. The van der Waals surface area contributed by atoms with Gasteiger partial charge >= 0.3 is 0 Å². The number of hydrogen-bond donors (Lipinski definition) is 1. The molecule has 0 bridgehead atoms. The first-order valence-electron chi connectivity index (χ1n) is 7.09. The molecule has 0 spiro atoms. The normalized spacial score (nSPS) is 20.4. The van der Waals surface area contributed by atoms with Crippen molar-refractivity contribution in [3.63, 3.8) is 0 Å². The number of benzene rings is 2. The molecule has 2 aromatic rings. The van der Waals surface area contributed by atoms with Gasteiger partial charge in [-0.1, -0.05) is 54.4 Å². The fourth-order valence-electron chi connectivity index (χ4n) is 2.64. The minimum absolute atomic E-state index is 0.0675. The maximum absolute atomic E-state index is 6.25. The van der Waals surface area contributed by atoms with Crippen molar-refractivity contribution in [3.8, 4) is 5.75 Å². The van der Waals surface area contributed by atoms with Gasteiger partial charge in [-0.05, 0) is 36.6 Å². The summed E-state index contributed by atoms with van der Waals surface area (Å²) in [6.45, 7) is 4.24. The molecule has 2 nitrogen and oxygen atoms in total. The Hall–Kier alpha value is -1.38. The summed E-state index contributed by atoms with van der Waals surface area (Å²) in [6.07, 6.45) is 0.967. The second kappa shape index (κ2) is 5.78. The van der Waals surface area contributed by atoms with E-state index >= 15 is 0 Å². The number of anilines is 1. The molecule has 0 saturated carbocycles. The van der Waals surface area contributed by atoms with Gasteiger partial charge in [-0.15, -0.1) is 0 Å². The number of halogens is 2. The molecule has 0 amide bonds. The third kappa shape index (κ3) is 2.83. The molecule has 110 valence electrons. The van der Waals surface area contributed by atoms with E-state index in [0.29, 0.717) is 15.8 Å². The molecule has 2 unspecified atom stereocenters. The first-order chi connectivity index (χ1) is 10.1. The van der Waals surface area contributed by atoms with Crippen molar-refractivity contribution >= 4 is 28.9 Å². The molecular weight excluding hydrogens is 305 g/mol. The van der Waals surface area contributed by atoms with E-state index in [4.69, 9.17) is 27.9 Å². The summed E-state index contributed by atoms with van der Waals surface area (Å²) in [6, 6.07) is 12.2. The topological polar surface area (TPSA) is 21.3 Å². The summed E-state index contributed by atoms with van der Waals surface area (Å²) < 4.78 is 6.14. The van der Waals surface area contributed by atoms with Crippen LogP contribution in [0.5, 0.6) is 5.75 Å². The van der Waals surface area contributed by atoms with Gasteiger partial charge in [0.25, 0.3) is 0 Å². The van der Waals surface area contributed by atoms with Gasteiger partial charge in [0.1, 0.15) is 6.10 Å². The predicted octanol–water partition coefficient (Wildman–Crippen LogP) is 5.49. The number of rotatable bonds is 2. The Morgan fingerprint density at radius 1 is 1.14 bits per heavy atom. The van der Waals surface area contributed by atoms with Crippen molar-refractivity contribution in [1.82, 2.24) is 0 Å². The van der Waals surface area contributed by atoms with Crippen LogP contribution in [0.15, 0.2) is 36.4 Å². The fourth-order valence-corrected chi connectivity index (χ4v) is 3.18. The molecule has 0 saturated heterocycles. The zero-order valence-corrected chi connectivity index (χ0v) is 13.5. The highest BCUT2D eigenvalue weighted by Crippen LogP contribution is 2.43. The quantitative estimate of drug-likeness (QED) is 0.789. The standard InChI is InChI=1S/C17H17Cl2NO/c1-3-11-4-6-12(7-5-11)16-10(2)20-15-9-13(18)8-14(19)17(15)21-16/h4-10,16,20H,3H2,1-2H3. The molecule has 0 aliphatic carbocycles. The number of fused-ring (bicyclic) bond motifs is 1. The van der Waals surface area contributed by atoms with Crippen molar-refractivity contribution in [1.29, 1.82) is 0 Å². The van der Waals surface area contributed by atoms with Crippen molar-refractivity contribution < 1.29 is 4.74 Å². The first-order valence-corrected chi connectivity index (χ1v) is 7.85. The van der Waals surface area contributed by atoms with Gasteiger partial charge in [-0.3, -0.25) is 0 Å². The van der Waals surface area contributed by atoms with Crippen LogP contribution in [0.4, 0.5) is 5.69 Å². The number of aryl methyl sites for hydroxylation is 1. The fraction of sp³-hybridized carbons (Fsp3) is 0.294. The maximum Gasteiger partial charge on any atom is 0.162 e. The van der Waals surface area contributed by atoms with Crippen molar-refractivity contribution in [2.75, 3.05) is 5.32 Å². The van der Waals surface area contributed by atoms with Crippen LogP contribution in [-0.2, 0) is 6.42 Å². The lowest BCUT2D eigenvalue weighted by atomic mass is 9.99. The summed E-state index contributed by atoms with van der Waals surface area (Å²) in [4.78, 5) is 0. The highest BCUT2D eigenvalue weighted by molar-refractivity contribution is 6.36. The van der Waals surface area contributed by atoms with Crippen molar-refractivity contribution in [3.05, 3.63) is 57.6 Å². The summed E-state index contributed by atoms with van der Waals surface area (Å²) >= 11 is 12.3. The minimum atomic E-state index is -0.0675. The molecule has 4 heteroatoms. The van der Waals surface area contributed by atoms with Crippen LogP contribution in [0, 0.1) is 0 Å². The summed E-state index contributed by atoms with van der Waals surface area (Å²) in [5.74, 6) is 0.670. The van der Waals surface area contributed by atoms with Gasteiger partial charge in [-0.25, -0.2) is 0 Å². The third-order valence-corrected chi connectivity index (χ3v) is 4.31. The van der Waals surface area contributed by atoms with Crippen LogP contribution >= 0.6 is 23.2 Å². The highest BCUT2D eigenvalue weighted by atomic mass is 35.5. The summed E-state index contributed by atoms with van der Waals surface area (Å²) in [7, 11) is 0. The SMILES string of the molecule is CCc1ccc(C2Oc3c(Cl)cc(Cl)cc3NC2C)cc1. The third-order valence-electron chi connectivity index (χ3n) is 3.81. The van der Waals surface area contributed by atoms with E-state index in [9.17, 15) is 0 Å². The lowest BCUT2D eigenvalue weighted by molar-refractivity contribution is 0.178. The maximum atomic E-state index is 6.25. The summed E-state index contributed by atoms with van der Waals surface area (Å²) in [5.41, 5.74) is 3.31. The van der Waals surface area contributed by atoms with Crippen LogP contribution in [0.1, 0.15) is 31.1 Å². The lowest BCUT2D eigenvalue weighted by Gasteiger charge is -2.34. The molecule has 1 N–H and O–H groups in total. The Morgan fingerprint density at radius 2 is 1.86 bits per heavy atom. The van der Waals surface area contributed by atoms with Gasteiger partial charge in [0.2, 0.25) is 0 Å².